The lowest BCUT2D eigenvalue weighted by Gasteiger charge is -2.08. The first-order chi connectivity index (χ1) is 9.47. The van der Waals surface area contributed by atoms with Gasteiger partial charge in [-0.05, 0) is 38.0 Å². The lowest BCUT2D eigenvalue weighted by Crippen LogP contribution is -2.06. The van der Waals surface area contributed by atoms with Crippen molar-refractivity contribution in [3.05, 3.63) is 35.2 Å². The molecule has 0 bridgehead atoms. The van der Waals surface area contributed by atoms with Crippen LogP contribution >= 0.6 is 0 Å². The van der Waals surface area contributed by atoms with E-state index in [1.165, 1.54) is 11.1 Å². The summed E-state index contributed by atoms with van der Waals surface area (Å²) in [5.74, 6) is 1.98. The molecule has 0 atom stereocenters. The van der Waals surface area contributed by atoms with Crippen molar-refractivity contribution >= 4 is 22.8 Å². The molecule has 0 radical (unpaired) electrons. The van der Waals surface area contributed by atoms with Gasteiger partial charge >= 0.3 is 0 Å². The van der Waals surface area contributed by atoms with Gasteiger partial charge in [0.25, 0.3) is 0 Å². The van der Waals surface area contributed by atoms with E-state index in [4.69, 9.17) is 11.5 Å². The maximum absolute atomic E-state index is 5.75. The number of nitrogens with zero attached hydrogens (tertiary/aromatic N) is 4. The summed E-state index contributed by atoms with van der Waals surface area (Å²) in [6.07, 6.45) is 0. The molecule has 0 aliphatic carbocycles. The summed E-state index contributed by atoms with van der Waals surface area (Å²) in [7, 11) is 0. The summed E-state index contributed by atoms with van der Waals surface area (Å²) >= 11 is 0. The van der Waals surface area contributed by atoms with Gasteiger partial charge < -0.3 is 11.5 Å². The molecule has 6 heteroatoms. The third kappa shape index (κ3) is 1.77. The Hall–Kier alpha value is -2.63. The molecule has 102 valence electrons. The van der Waals surface area contributed by atoms with Crippen molar-refractivity contribution < 1.29 is 0 Å². The average Bonchev–Trinajstić information content (AvgIpc) is 2.70. The van der Waals surface area contributed by atoms with Crippen molar-refractivity contribution in [2.75, 3.05) is 11.5 Å². The number of fused-ring (bicyclic) bond motifs is 1. The van der Waals surface area contributed by atoms with Gasteiger partial charge in [-0.3, -0.25) is 4.57 Å². The molecule has 4 N–H and O–H groups in total. The molecule has 0 aliphatic rings. The number of imidazole rings is 1. The van der Waals surface area contributed by atoms with E-state index >= 15 is 0 Å². The number of benzene rings is 1. The van der Waals surface area contributed by atoms with E-state index in [9.17, 15) is 0 Å². The Labute approximate surface area is 116 Å². The topological polar surface area (TPSA) is 95.6 Å². The minimum absolute atomic E-state index is 0.157. The predicted molar refractivity (Wildman–Crippen MR) is 79.7 cm³/mol. The molecule has 0 amide bonds. The minimum atomic E-state index is 0.157. The molecule has 0 unspecified atom stereocenters. The Morgan fingerprint density at radius 2 is 1.75 bits per heavy atom. The van der Waals surface area contributed by atoms with Gasteiger partial charge in [-0.2, -0.15) is 9.97 Å². The predicted octanol–water partition coefficient (Wildman–Crippen LogP) is 1.91. The third-order valence-corrected chi connectivity index (χ3v) is 3.50. The fourth-order valence-corrected chi connectivity index (χ4v) is 2.37. The fraction of sp³-hybridized carbons (Fsp3) is 0.214. The SMILES string of the molecule is Cc1ccc2c(nc(C)n2-c2cc(N)nc(N)n2)c1C. The molecule has 0 saturated heterocycles. The first kappa shape index (κ1) is 12.4. The second kappa shape index (κ2) is 4.19. The molecular formula is C14H16N6. The first-order valence-electron chi connectivity index (χ1n) is 6.33. The van der Waals surface area contributed by atoms with Crippen LogP contribution in [0.3, 0.4) is 0 Å². The van der Waals surface area contributed by atoms with Gasteiger partial charge in [-0.25, -0.2) is 4.98 Å². The highest BCUT2D eigenvalue weighted by atomic mass is 15.2. The summed E-state index contributed by atoms with van der Waals surface area (Å²) in [6.45, 7) is 6.07. The van der Waals surface area contributed by atoms with Crippen LogP contribution < -0.4 is 11.5 Å². The Morgan fingerprint density at radius 1 is 1.00 bits per heavy atom. The van der Waals surface area contributed by atoms with E-state index in [1.54, 1.807) is 6.07 Å². The molecule has 1 aromatic carbocycles. The van der Waals surface area contributed by atoms with Crippen LogP contribution in [0, 0.1) is 20.8 Å². The van der Waals surface area contributed by atoms with Crippen LogP contribution in [0.1, 0.15) is 17.0 Å². The molecule has 0 aliphatic heterocycles. The molecule has 3 aromatic rings. The molecule has 20 heavy (non-hydrogen) atoms. The highest BCUT2D eigenvalue weighted by Gasteiger charge is 2.14. The smallest absolute Gasteiger partial charge is 0.223 e. The molecule has 2 heterocycles. The standard InChI is InChI=1S/C14H16N6/c1-7-4-5-10-13(8(7)2)17-9(3)20(10)12-6-11(15)18-14(16)19-12/h4-6H,1-3H3,(H4,15,16,18,19). The van der Waals surface area contributed by atoms with Crippen molar-refractivity contribution in [2.24, 2.45) is 0 Å². The van der Waals surface area contributed by atoms with E-state index in [-0.39, 0.29) is 5.95 Å². The molecule has 3 rings (SSSR count). The number of nitrogen functional groups attached to an aromatic ring is 2. The van der Waals surface area contributed by atoms with E-state index in [2.05, 4.69) is 34.9 Å². The van der Waals surface area contributed by atoms with Gasteiger partial charge in [-0.1, -0.05) is 6.07 Å². The van der Waals surface area contributed by atoms with Gasteiger partial charge in [0.1, 0.15) is 17.5 Å². The van der Waals surface area contributed by atoms with Crippen molar-refractivity contribution in [3.8, 4) is 5.82 Å². The van der Waals surface area contributed by atoms with E-state index in [1.807, 2.05) is 17.6 Å². The molecule has 0 spiro atoms. The summed E-state index contributed by atoms with van der Waals surface area (Å²) in [6, 6.07) is 5.80. The Morgan fingerprint density at radius 3 is 2.45 bits per heavy atom. The van der Waals surface area contributed by atoms with Gasteiger partial charge in [0.2, 0.25) is 5.95 Å². The monoisotopic (exact) mass is 268 g/mol. The van der Waals surface area contributed by atoms with Gasteiger partial charge in [0.05, 0.1) is 11.0 Å². The summed E-state index contributed by atoms with van der Waals surface area (Å²) in [5.41, 5.74) is 15.8. The number of hydrogen-bond acceptors (Lipinski definition) is 5. The van der Waals surface area contributed by atoms with Crippen LogP contribution in [0.5, 0.6) is 0 Å². The zero-order valence-electron chi connectivity index (χ0n) is 11.7. The summed E-state index contributed by atoms with van der Waals surface area (Å²) < 4.78 is 1.94. The number of aromatic nitrogens is 4. The highest BCUT2D eigenvalue weighted by molar-refractivity contribution is 5.82. The summed E-state index contributed by atoms with van der Waals surface area (Å²) in [4.78, 5) is 12.8. The maximum atomic E-state index is 5.75. The van der Waals surface area contributed by atoms with Crippen LogP contribution in [-0.2, 0) is 0 Å². The summed E-state index contributed by atoms with van der Waals surface area (Å²) in [5, 5.41) is 0. The minimum Gasteiger partial charge on any atom is -0.383 e. The van der Waals surface area contributed by atoms with Crippen molar-refractivity contribution in [3.63, 3.8) is 0 Å². The normalized spacial score (nSPS) is 11.2. The van der Waals surface area contributed by atoms with E-state index in [0.29, 0.717) is 11.6 Å². The average molecular weight is 268 g/mol. The van der Waals surface area contributed by atoms with Gasteiger partial charge in [0.15, 0.2) is 0 Å². The van der Waals surface area contributed by atoms with Crippen LogP contribution in [0.4, 0.5) is 11.8 Å². The zero-order valence-corrected chi connectivity index (χ0v) is 11.7. The number of rotatable bonds is 1. The van der Waals surface area contributed by atoms with Crippen molar-refractivity contribution in [2.45, 2.75) is 20.8 Å². The largest absolute Gasteiger partial charge is 0.383 e. The van der Waals surface area contributed by atoms with E-state index < -0.39 is 0 Å². The van der Waals surface area contributed by atoms with Crippen molar-refractivity contribution in [1.82, 2.24) is 19.5 Å². The molecule has 0 fully saturated rings. The molecule has 0 saturated carbocycles. The first-order valence-corrected chi connectivity index (χ1v) is 6.33. The lowest BCUT2D eigenvalue weighted by atomic mass is 10.1. The second-order valence-corrected chi connectivity index (χ2v) is 4.88. The number of anilines is 2. The Kier molecular flexibility index (Phi) is 2.60. The van der Waals surface area contributed by atoms with Gasteiger partial charge in [0, 0.05) is 6.07 Å². The molecule has 2 aromatic heterocycles. The van der Waals surface area contributed by atoms with Crippen LogP contribution in [-0.4, -0.2) is 19.5 Å². The molecular weight excluding hydrogens is 252 g/mol. The van der Waals surface area contributed by atoms with Crippen LogP contribution in [0.2, 0.25) is 0 Å². The highest BCUT2D eigenvalue weighted by Crippen LogP contribution is 2.25. The van der Waals surface area contributed by atoms with Gasteiger partial charge in [-0.15, -0.1) is 0 Å². The third-order valence-electron chi connectivity index (χ3n) is 3.50. The van der Waals surface area contributed by atoms with Crippen LogP contribution in [0.15, 0.2) is 18.2 Å². The van der Waals surface area contributed by atoms with E-state index in [0.717, 1.165) is 16.9 Å². The van der Waals surface area contributed by atoms with Crippen molar-refractivity contribution in [1.29, 1.82) is 0 Å². The number of aryl methyl sites for hydroxylation is 3. The Balaban J connectivity index is 2.36. The maximum Gasteiger partial charge on any atom is 0.223 e. The lowest BCUT2D eigenvalue weighted by molar-refractivity contribution is 0.949. The quantitative estimate of drug-likeness (QED) is 0.702. The Bertz CT molecular complexity index is 798. The molecule has 6 nitrogen and oxygen atoms in total. The zero-order chi connectivity index (χ0) is 14.4. The fourth-order valence-electron chi connectivity index (χ4n) is 2.37. The van der Waals surface area contributed by atoms with Crippen LogP contribution in [0.25, 0.3) is 16.9 Å². The number of nitrogens with two attached hydrogens (primary N) is 2. The second-order valence-electron chi connectivity index (χ2n) is 4.88. The number of hydrogen-bond donors (Lipinski definition) is 2.